The number of carbonyl (C=O) groups excluding carboxylic acids is 1. The van der Waals surface area contributed by atoms with Crippen LogP contribution in [0.15, 0.2) is 47.4 Å². The summed E-state index contributed by atoms with van der Waals surface area (Å²) in [6.07, 6.45) is 0. The van der Waals surface area contributed by atoms with Crippen LogP contribution in [0.3, 0.4) is 0 Å². The first-order valence-corrected chi connectivity index (χ1v) is 10.8. The van der Waals surface area contributed by atoms with Gasteiger partial charge in [0.05, 0.1) is 10.5 Å². The Morgan fingerprint density at radius 3 is 2.42 bits per heavy atom. The minimum absolute atomic E-state index is 0.00158. The van der Waals surface area contributed by atoms with Crippen molar-refractivity contribution in [3.63, 3.8) is 0 Å². The molecule has 2 aromatic rings. The van der Waals surface area contributed by atoms with Gasteiger partial charge in [-0.15, -0.1) is 0 Å². The predicted molar refractivity (Wildman–Crippen MR) is 106 cm³/mol. The van der Waals surface area contributed by atoms with Crippen LogP contribution in [-0.4, -0.2) is 28.8 Å². The summed E-state index contributed by atoms with van der Waals surface area (Å²) in [4.78, 5) is 26.5. The molecule has 126 valence electrons. The Bertz CT molecular complexity index is 763. The van der Waals surface area contributed by atoms with Crippen LogP contribution in [0.1, 0.15) is 24.2 Å². The fourth-order valence-electron chi connectivity index (χ4n) is 2.52. The molecule has 0 aliphatic heterocycles. The van der Waals surface area contributed by atoms with E-state index in [1.54, 1.807) is 29.2 Å². The number of para-hydroxylation sites is 1. The lowest BCUT2D eigenvalue weighted by Gasteiger charge is -2.21. The maximum absolute atomic E-state index is 12.8. The second kappa shape index (κ2) is 8.48. The molecule has 0 atom stereocenters. The Balaban J connectivity index is 2.68. The van der Waals surface area contributed by atoms with Crippen molar-refractivity contribution in [3.8, 4) is 11.1 Å². The van der Waals surface area contributed by atoms with Crippen LogP contribution >= 0.6 is 30.1 Å². The van der Waals surface area contributed by atoms with Crippen molar-refractivity contribution in [2.75, 3.05) is 13.1 Å². The van der Waals surface area contributed by atoms with Crippen molar-refractivity contribution < 1.29 is 9.72 Å². The molecule has 0 bridgehead atoms. The molecule has 0 aromatic heterocycles. The zero-order valence-corrected chi connectivity index (χ0v) is 16.3. The Morgan fingerprint density at radius 1 is 1.17 bits per heavy atom. The molecule has 0 saturated carbocycles. The van der Waals surface area contributed by atoms with E-state index < -0.39 is 4.92 Å². The van der Waals surface area contributed by atoms with Gasteiger partial charge in [0.2, 0.25) is 0 Å². The van der Waals surface area contributed by atoms with Gasteiger partial charge in [0.1, 0.15) is 0 Å². The van der Waals surface area contributed by atoms with E-state index >= 15 is 0 Å². The average Bonchev–Trinajstić information content (AvgIpc) is 2.62. The number of nitro benzene ring substituents is 1. The maximum atomic E-state index is 12.8. The Morgan fingerprint density at radius 2 is 1.83 bits per heavy atom. The molecule has 0 fully saturated rings. The molecule has 0 saturated heterocycles. The highest BCUT2D eigenvalue weighted by molar-refractivity contribution is 14.2. The van der Waals surface area contributed by atoms with E-state index in [0.717, 1.165) is 4.90 Å². The van der Waals surface area contributed by atoms with E-state index in [2.05, 4.69) is 21.2 Å². The van der Waals surface area contributed by atoms with Gasteiger partial charge in [0.15, 0.2) is 0 Å². The van der Waals surface area contributed by atoms with Gasteiger partial charge in [-0.1, -0.05) is 21.1 Å². The first-order valence-electron chi connectivity index (χ1n) is 7.49. The normalized spacial score (nSPS) is 10.5. The zero-order chi connectivity index (χ0) is 17.7. The monoisotopic (exact) mass is 456 g/mol. The number of benzene rings is 2. The molecular formula is C17H17IN2O3S. The number of rotatable bonds is 6. The molecule has 0 N–H and O–H groups in total. The van der Waals surface area contributed by atoms with Crippen molar-refractivity contribution in [1.29, 1.82) is 0 Å². The van der Waals surface area contributed by atoms with Gasteiger partial charge in [0, 0.05) is 56.4 Å². The second-order valence-corrected chi connectivity index (χ2v) is 6.98. The Labute approximate surface area is 157 Å². The van der Waals surface area contributed by atoms with Crippen molar-refractivity contribution in [3.05, 3.63) is 58.1 Å². The van der Waals surface area contributed by atoms with E-state index in [0.29, 0.717) is 29.8 Å². The standard InChI is InChI=1S/C17H17IN2O3S/c1-3-19(4-2)17(21)14-10-9-12(24-18)11-15(14)13-7-5-6-8-16(13)20(22)23/h5-11H,3-4H2,1-2H3. The summed E-state index contributed by atoms with van der Waals surface area (Å²) in [5, 5.41) is 11.4. The number of carbonyl (C=O) groups is 1. The van der Waals surface area contributed by atoms with Crippen molar-refractivity contribution >= 4 is 41.7 Å². The lowest BCUT2D eigenvalue weighted by molar-refractivity contribution is -0.384. The summed E-state index contributed by atoms with van der Waals surface area (Å²) in [7, 11) is 1.51. The van der Waals surface area contributed by atoms with Crippen molar-refractivity contribution in [2.24, 2.45) is 0 Å². The minimum Gasteiger partial charge on any atom is -0.339 e. The first kappa shape index (κ1) is 18.7. The molecule has 0 heterocycles. The van der Waals surface area contributed by atoms with Crippen LogP contribution in [0.2, 0.25) is 0 Å². The maximum Gasteiger partial charge on any atom is 0.277 e. The molecule has 24 heavy (non-hydrogen) atoms. The highest BCUT2D eigenvalue weighted by Crippen LogP contribution is 2.36. The summed E-state index contributed by atoms with van der Waals surface area (Å²) in [6.45, 7) is 5.02. The summed E-state index contributed by atoms with van der Waals surface area (Å²) >= 11 is 2.16. The molecule has 5 nitrogen and oxygen atoms in total. The zero-order valence-electron chi connectivity index (χ0n) is 13.4. The molecule has 2 aromatic carbocycles. The first-order chi connectivity index (χ1) is 11.5. The third kappa shape index (κ3) is 3.89. The van der Waals surface area contributed by atoms with Crippen LogP contribution in [0.4, 0.5) is 5.69 Å². The number of hydrogen-bond donors (Lipinski definition) is 0. The topological polar surface area (TPSA) is 63.5 Å². The van der Waals surface area contributed by atoms with Crippen LogP contribution in [0.5, 0.6) is 0 Å². The smallest absolute Gasteiger partial charge is 0.277 e. The lowest BCUT2D eigenvalue weighted by atomic mass is 9.97. The van der Waals surface area contributed by atoms with Gasteiger partial charge >= 0.3 is 0 Å². The predicted octanol–water partition coefficient (Wildman–Crippen LogP) is 5.19. The van der Waals surface area contributed by atoms with Crippen molar-refractivity contribution in [2.45, 2.75) is 18.7 Å². The third-order valence-corrected chi connectivity index (χ3v) is 5.71. The molecule has 0 spiro atoms. The molecule has 0 aliphatic carbocycles. The van der Waals surface area contributed by atoms with Gasteiger partial charge in [-0.3, -0.25) is 14.9 Å². The number of hydrogen-bond acceptors (Lipinski definition) is 4. The van der Waals surface area contributed by atoms with Crippen LogP contribution in [0.25, 0.3) is 11.1 Å². The van der Waals surface area contributed by atoms with Crippen LogP contribution in [0, 0.1) is 10.1 Å². The van der Waals surface area contributed by atoms with Crippen molar-refractivity contribution in [1.82, 2.24) is 4.90 Å². The van der Waals surface area contributed by atoms with Gasteiger partial charge in [-0.2, -0.15) is 0 Å². The number of nitro groups is 1. The number of amides is 1. The second-order valence-electron chi connectivity index (χ2n) is 5.04. The molecule has 0 unspecified atom stereocenters. The minimum atomic E-state index is -0.412. The van der Waals surface area contributed by atoms with Gasteiger partial charge < -0.3 is 4.90 Å². The van der Waals surface area contributed by atoms with E-state index in [1.807, 2.05) is 26.0 Å². The van der Waals surface area contributed by atoms with E-state index in [4.69, 9.17) is 0 Å². The average molecular weight is 456 g/mol. The molecule has 7 heteroatoms. The SMILES string of the molecule is CCN(CC)C(=O)c1ccc(SI)cc1-c1ccccc1[N+](=O)[O-]. The van der Waals surface area contributed by atoms with Crippen LogP contribution < -0.4 is 0 Å². The van der Waals surface area contributed by atoms with E-state index in [1.165, 1.54) is 15.0 Å². The fourth-order valence-corrected chi connectivity index (χ4v) is 3.63. The van der Waals surface area contributed by atoms with E-state index in [9.17, 15) is 14.9 Å². The molecule has 0 radical (unpaired) electrons. The van der Waals surface area contributed by atoms with E-state index in [-0.39, 0.29) is 11.6 Å². The molecule has 0 aliphatic rings. The highest BCUT2D eigenvalue weighted by Gasteiger charge is 2.22. The molecule has 2 rings (SSSR count). The quantitative estimate of drug-likeness (QED) is 0.341. The number of nitrogens with zero attached hydrogens (tertiary/aromatic N) is 2. The summed E-state index contributed by atoms with van der Waals surface area (Å²) in [5.41, 5.74) is 1.55. The summed E-state index contributed by atoms with van der Waals surface area (Å²) < 4.78 is 0. The van der Waals surface area contributed by atoms with Gasteiger partial charge in [0.25, 0.3) is 11.6 Å². The lowest BCUT2D eigenvalue weighted by Crippen LogP contribution is -2.30. The van der Waals surface area contributed by atoms with Crippen LogP contribution in [-0.2, 0) is 0 Å². The Kier molecular flexibility index (Phi) is 6.61. The largest absolute Gasteiger partial charge is 0.339 e. The molecular weight excluding hydrogens is 439 g/mol. The van der Waals surface area contributed by atoms with Gasteiger partial charge in [-0.25, -0.2) is 0 Å². The fraction of sp³-hybridized carbons (Fsp3) is 0.235. The summed E-state index contributed by atoms with van der Waals surface area (Å²) in [6, 6.07) is 12.0. The highest BCUT2D eigenvalue weighted by atomic mass is 127. The Hall–Kier alpha value is -1.61. The third-order valence-electron chi connectivity index (χ3n) is 3.75. The molecule has 1 amide bonds. The van der Waals surface area contributed by atoms with Gasteiger partial charge in [-0.05, 0) is 38.1 Å². The summed E-state index contributed by atoms with van der Waals surface area (Å²) in [5.74, 6) is -0.113. The number of halogens is 1.